The first-order valence-electron chi connectivity index (χ1n) is 3.17. The summed E-state index contributed by atoms with van der Waals surface area (Å²) in [6.07, 6.45) is 0.386. The maximum Gasteiger partial charge on any atom is 0.115 e. The van der Waals surface area contributed by atoms with Gasteiger partial charge in [-0.2, -0.15) is 0 Å². The molecule has 0 amide bonds. The van der Waals surface area contributed by atoms with Crippen LogP contribution in [-0.2, 0) is 0 Å². The van der Waals surface area contributed by atoms with Crippen LogP contribution in [0.25, 0.3) is 0 Å². The summed E-state index contributed by atoms with van der Waals surface area (Å²) < 4.78 is 1.97. The van der Waals surface area contributed by atoms with Crippen LogP contribution < -0.4 is 5.73 Å². The summed E-state index contributed by atoms with van der Waals surface area (Å²) in [6.45, 7) is 5.81. The van der Waals surface area contributed by atoms with Crippen molar-refractivity contribution in [3.8, 4) is 0 Å². The molecule has 0 aromatic carbocycles. The van der Waals surface area contributed by atoms with Crippen LogP contribution in [-0.4, -0.2) is 28.9 Å². The molecule has 1 atom stereocenters. The number of hydrogen-bond donors (Lipinski definition) is 2. The van der Waals surface area contributed by atoms with E-state index >= 15 is 0 Å². The molecule has 0 radical (unpaired) electrons. The van der Waals surface area contributed by atoms with Crippen LogP contribution in [0.5, 0.6) is 0 Å². The standard InChI is InChI=1S/C5H15N2OP/c1-3-7(4-2)9(8)5-6/h8H,3-6H2,1-2H3. The molecule has 3 N–H and O–H groups in total. The average molecular weight is 150 g/mol. The van der Waals surface area contributed by atoms with E-state index in [1.54, 1.807) is 0 Å². The van der Waals surface area contributed by atoms with Crippen molar-refractivity contribution in [1.29, 1.82) is 0 Å². The van der Waals surface area contributed by atoms with E-state index in [2.05, 4.69) is 0 Å². The summed E-state index contributed by atoms with van der Waals surface area (Å²) >= 11 is 0. The highest BCUT2D eigenvalue weighted by Gasteiger charge is 2.08. The van der Waals surface area contributed by atoms with Crippen LogP contribution in [0.1, 0.15) is 13.8 Å². The summed E-state index contributed by atoms with van der Waals surface area (Å²) in [5.74, 6) is 0. The van der Waals surface area contributed by atoms with E-state index in [-0.39, 0.29) is 0 Å². The normalized spacial score (nSPS) is 14.3. The van der Waals surface area contributed by atoms with Crippen LogP contribution in [0.3, 0.4) is 0 Å². The Morgan fingerprint density at radius 3 is 2.00 bits per heavy atom. The number of nitrogens with zero attached hydrogens (tertiary/aromatic N) is 1. The Kier molecular flexibility index (Phi) is 5.30. The zero-order valence-electron chi connectivity index (χ0n) is 6.04. The summed E-state index contributed by atoms with van der Waals surface area (Å²) in [7, 11) is -1.03. The van der Waals surface area contributed by atoms with Gasteiger partial charge in [0.05, 0.1) is 6.29 Å². The smallest absolute Gasteiger partial charge is 0.115 e. The van der Waals surface area contributed by atoms with Gasteiger partial charge in [-0.3, -0.25) is 4.67 Å². The molecule has 1 unspecified atom stereocenters. The lowest BCUT2D eigenvalue weighted by Gasteiger charge is -2.22. The lowest BCUT2D eigenvalue weighted by Crippen LogP contribution is -2.20. The summed E-state index contributed by atoms with van der Waals surface area (Å²) in [5.41, 5.74) is 5.26. The van der Waals surface area contributed by atoms with Crippen molar-refractivity contribution in [2.75, 3.05) is 19.4 Å². The molecule has 9 heavy (non-hydrogen) atoms. The Bertz CT molecular complexity index is 68.0. The minimum atomic E-state index is -1.03. The van der Waals surface area contributed by atoms with Crippen molar-refractivity contribution >= 4 is 8.30 Å². The third-order valence-corrected chi connectivity index (χ3v) is 2.77. The van der Waals surface area contributed by atoms with Gasteiger partial charge in [-0.25, -0.2) is 0 Å². The van der Waals surface area contributed by atoms with Crippen LogP contribution in [0.4, 0.5) is 0 Å². The summed E-state index contributed by atoms with van der Waals surface area (Å²) in [6, 6.07) is 0. The highest BCUT2D eigenvalue weighted by molar-refractivity contribution is 7.48. The van der Waals surface area contributed by atoms with Gasteiger partial charge >= 0.3 is 0 Å². The van der Waals surface area contributed by atoms with E-state index < -0.39 is 8.30 Å². The zero-order valence-corrected chi connectivity index (χ0v) is 6.93. The van der Waals surface area contributed by atoms with Gasteiger partial charge < -0.3 is 10.6 Å². The van der Waals surface area contributed by atoms with Gasteiger partial charge in [0.1, 0.15) is 8.30 Å². The molecular weight excluding hydrogens is 135 g/mol. The molecule has 0 aliphatic rings. The maximum absolute atomic E-state index is 9.18. The molecule has 0 heterocycles. The Balaban J connectivity index is 3.50. The quantitative estimate of drug-likeness (QED) is 0.575. The highest BCUT2D eigenvalue weighted by Crippen LogP contribution is 2.31. The minimum Gasteiger partial charge on any atom is -0.358 e. The van der Waals surface area contributed by atoms with Crippen molar-refractivity contribution in [2.45, 2.75) is 13.8 Å². The summed E-state index contributed by atoms with van der Waals surface area (Å²) in [4.78, 5) is 9.18. The molecule has 0 aliphatic carbocycles. The fraction of sp³-hybridized carbons (Fsp3) is 1.00. The van der Waals surface area contributed by atoms with E-state index in [9.17, 15) is 4.89 Å². The van der Waals surface area contributed by atoms with Gasteiger partial charge in [-0.05, 0) is 0 Å². The maximum atomic E-state index is 9.18. The topological polar surface area (TPSA) is 49.5 Å². The minimum absolute atomic E-state index is 0.386. The molecule has 0 saturated heterocycles. The second kappa shape index (κ2) is 5.12. The zero-order chi connectivity index (χ0) is 7.28. The first-order valence-corrected chi connectivity index (χ1v) is 4.60. The first-order chi connectivity index (χ1) is 4.26. The van der Waals surface area contributed by atoms with Crippen molar-refractivity contribution in [3.63, 3.8) is 0 Å². The van der Waals surface area contributed by atoms with Crippen LogP contribution in [0.15, 0.2) is 0 Å². The molecule has 0 rings (SSSR count). The van der Waals surface area contributed by atoms with Crippen LogP contribution >= 0.6 is 8.30 Å². The Hall–Kier alpha value is 0.310. The van der Waals surface area contributed by atoms with Gasteiger partial charge in [0.15, 0.2) is 0 Å². The predicted octanol–water partition coefficient (Wildman–Crippen LogP) is 0.549. The Morgan fingerprint density at radius 1 is 1.44 bits per heavy atom. The third-order valence-electron chi connectivity index (χ3n) is 1.22. The van der Waals surface area contributed by atoms with E-state index in [0.29, 0.717) is 6.29 Å². The van der Waals surface area contributed by atoms with Crippen molar-refractivity contribution in [2.24, 2.45) is 5.73 Å². The second-order valence-corrected chi connectivity index (χ2v) is 3.37. The second-order valence-electron chi connectivity index (χ2n) is 1.69. The highest BCUT2D eigenvalue weighted by atomic mass is 31.2. The van der Waals surface area contributed by atoms with Crippen molar-refractivity contribution in [1.82, 2.24) is 4.67 Å². The van der Waals surface area contributed by atoms with Gasteiger partial charge in [-0.15, -0.1) is 0 Å². The van der Waals surface area contributed by atoms with E-state index in [1.807, 2.05) is 18.5 Å². The molecule has 4 heteroatoms. The largest absolute Gasteiger partial charge is 0.358 e. The van der Waals surface area contributed by atoms with E-state index in [1.165, 1.54) is 0 Å². The van der Waals surface area contributed by atoms with E-state index in [0.717, 1.165) is 13.1 Å². The first kappa shape index (κ1) is 9.31. The fourth-order valence-corrected chi connectivity index (χ4v) is 1.55. The van der Waals surface area contributed by atoms with Gasteiger partial charge in [-0.1, -0.05) is 13.8 Å². The number of nitrogens with two attached hydrogens (primary N) is 1. The molecule has 0 aliphatic heterocycles. The van der Waals surface area contributed by atoms with Gasteiger partial charge in [0.25, 0.3) is 0 Å². The molecule has 56 valence electrons. The van der Waals surface area contributed by atoms with Crippen LogP contribution in [0, 0.1) is 0 Å². The third kappa shape index (κ3) is 3.11. The average Bonchev–Trinajstić information content (AvgIpc) is 1.90. The molecule has 0 fully saturated rings. The Labute approximate surface area is 57.7 Å². The summed E-state index contributed by atoms with van der Waals surface area (Å²) in [5, 5.41) is 0. The fourth-order valence-electron chi connectivity index (χ4n) is 0.666. The van der Waals surface area contributed by atoms with Crippen molar-refractivity contribution in [3.05, 3.63) is 0 Å². The monoisotopic (exact) mass is 150 g/mol. The molecule has 3 nitrogen and oxygen atoms in total. The lowest BCUT2D eigenvalue weighted by molar-refractivity contribution is 0.442. The number of rotatable bonds is 4. The van der Waals surface area contributed by atoms with Gasteiger partial charge in [0, 0.05) is 13.1 Å². The Morgan fingerprint density at radius 2 is 1.89 bits per heavy atom. The molecular formula is C5H15N2OP. The van der Waals surface area contributed by atoms with Crippen LogP contribution in [0.2, 0.25) is 0 Å². The molecule has 0 aromatic rings. The predicted molar refractivity (Wildman–Crippen MR) is 41.1 cm³/mol. The van der Waals surface area contributed by atoms with Gasteiger partial charge in [0.2, 0.25) is 0 Å². The SMILES string of the molecule is CCN(CC)P(O)CN. The molecule has 0 bridgehead atoms. The lowest BCUT2D eigenvalue weighted by atomic mass is 10.7. The van der Waals surface area contributed by atoms with Crippen molar-refractivity contribution < 1.29 is 4.89 Å². The molecule has 0 spiro atoms. The molecule has 0 aromatic heterocycles. The molecule has 0 saturated carbocycles. The van der Waals surface area contributed by atoms with E-state index in [4.69, 9.17) is 5.73 Å². The number of hydrogen-bond acceptors (Lipinski definition) is 3.